The van der Waals surface area contributed by atoms with Crippen LogP contribution >= 0.6 is 0 Å². The number of rotatable bonds is 6. The van der Waals surface area contributed by atoms with Gasteiger partial charge in [-0.3, -0.25) is 18.5 Å². The van der Waals surface area contributed by atoms with Gasteiger partial charge in [0.15, 0.2) is 0 Å². The molecule has 0 fully saturated rings. The zero-order valence-corrected chi connectivity index (χ0v) is 17.3. The second-order valence-corrected chi connectivity index (χ2v) is 9.04. The predicted octanol–water partition coefficient (Wildman–Crippen LogP) is 2.24. The summed E-state index contributed by atoms with van der Waals surface area (Å²) in [6, 6.07) is 3.89. The number of aromatic nitrogens is 1. The summed E-state index contributed by atoms with van der Waals surface area (Å²) in [5.74, 6) is -1.61. The Kier molecular flexibility index (Phi) is 6.27. The molecule has 0 amide bonds. The minimum Gasteiger partial charge on any atom is -0.493 e. The van der Waals surface area contributed by atoms with Gasteiger partial charge in [0, 0.05) is 12.1 Å². The van der Waals surface area contributed by atoms with Crippen LogP contribution in [-0.2, 0) is 32.5 Å². The smallest absolute Gasteiger partial charge is 0.296 e. The second kappa shape index (κ2) is 8.02. The maximum Gasteiger partial charge on any atom is 0.296 e. The first kappa shape index (κ1) is 22.7. The fraction of sp³-hybridized carbons (Fsp3) is 0.312. The highest BCUT2D eigenvalue weighted by atomic mass is 32.2. The molecule has 0 saturated heterocycles. The average Bonchev–Trinajstić information content (AvgIpc) is 2.57. The highest BCUT2D eigenvalue weighted by molar-refractivity contribution is 7.86. The second-order valence-electron chi connectivity index (χ2n) is 6.20. The average molecular weight is 445 g/mol. The molecule has 11 nitrogen and oxygen atoms in total. The molecule has 0 spiro atoms. The molecule has 158 valence electrons. The lowest BCUT2D eigenvalue weighted by atomic mass is 10.1. The normalized spacial score (nSPS) is 12.6. The van der Waals surface area contributed by atoms with Crippen LogP contribution in [0.5, 0.6) is 5.88 Å². The summed E-state index contributed by atoms with van der Waals surface area (Å²) >= 11 is 0. The molecule has 2 aromatic rings. The largest absolute Gasteiger partial charge is 0.493 e. The third-order valence-corrected chi connectivity index (χ3v) is 5.63. The van der Waals surface area contributed by atoms with E-state index in [0.29, 0.717) is 5.56 Å². The molecule has 1 aromatic carbocycles. The molecule has 0 radical (unpaired) electrons. The van der Waals surface area contributed by atoms with E-state index in [1.165, 1.54) is 26.0 Å². The summed E-state index contributed by atoms with van der Waals surface area (Å²) in [6.45, 7) is 4.44. The molecule has 2 rings (SSSR count). The molecule has 0 bridgehead atoms. The van der Waals surface area contributed by atoms with Crippen LogP contribution in [0.15, 0.2) is 38.1 Å². The third-order valence-electron chi connectivity index (χ3n) is 4.07. The van der Waals surface area contributed by atoms with Crippen LogP contribution in [0.1, 0.15) is 23.6 Å². The molecule has 29 heavy (non-hydrogen) atoms. The molecule has 0 aliphatic rings. The van der Waals surface area contributed by atoms with E-state index >= 15 is 0 Å². The fourth-order valence-corrected chi connectivity index (χ4v) is 3.96. The Bertz CT molecular complexity index is 1260. The molecule has 0 unspecified atom stereocenters. The van der Waals surface area contributed by atoms with E-state index in [4.69, 9.17) is 4.55 Å². The summed E-state index contributed by atoms with van der Waals surface area (Å²) in [6.07, 6.45) is 0. The minimum absolute atomic E-state index is 0.0351. The van der Waals surface area contributed by atoms with Gasteiger partial charge < -0.3 is 5.11 Å². The molecule has 0 atom stereocenters. The van der Waals surface area contributed by atoms with E-state index < -0.39 is 42.3 Å². The van der Waals surface area contributed by atoms with Gasteiger partial charge in [0.2, 0.25) is 5.88 Å². The van der Waals surface area contributed by atoms with Crippen molar-refractivity contribution >= 4 is 31.6 Å². The Balaban J connectivity index is 2.76. The zero-order chi connectivity index (χ0) is 22.1. The van der Waals surface area contributed by atoms with Crippen molar-refractivity contribution in [3.8, 4) is 5.88 Å². The maximum atomic E-state index is 12.4. The Morgan fingerprint density at radius 3 is 2.21 bits per heavy atom. The predicted molar refractivity (Wildman–Crippen MR) is 103 cm³/mol. The summed E-state index contributed by atoms with van der Waals surface area (Å²) in [7, 11) is -9.17. The quantitative estimate of drug-likeness (QED) is 0.448. The number of pyridine rings is 1. The van der Waals surface area contributed by atoms with Gasteiger partial charge in [0.25, 0.3) is 25.8 Å². The van der Waals surface area contributed by atoms with Gasteiger partial charge in [0.1, 0.15) is 22.0 Å². The van der Waals surface area contributed by atoms with Crippen molar-refractivity contribution in [2.75, 3.05) is 0 Å². The van der Waals surface area contributed by atoms with Gasteiger partial charge in [-0.15, -0.1) is 10.2 Å². The molecule has 1 heterocycles. The van der Waals surface area contributed by atoms with Crippen molar-refractivity contribution in [2.24, 2.45) is 10.2 Å². The number of hydrogen-bond donors (Lipinski definition) is 3. The first-order valence-electron chi connectivity index (χ1n) is 8.16. The number of nitrogens with zero attached hydrogens (tertiary/aromatic N) is 3. The fourth-order valence-electron chi connectivity index (χ4n) is 2.65. The van der Waals surface area contributed by atoms with E-state index in [2.05, 4.69) is 10.2 Å². The molecule has 3 N–H and O–H groups in total. The number of benzene rings is 1. The van der Waals surface area contributed by atoms with Gasteiger partial charge in [0.05, 0.1) is 0 Å². The summed E-state index contributed by atoms with van der Waals surface area (Å²) in [4.78, 5) is 11.9. The molecule has 0 aliphatic carbocycles. The summed E-state index contributed by atoms with van der Waals surface area (Å²) < 4.78 is 64.9. The molecule has 0 saturated carbocycles. The Labute approximate surface area is 166 Å². The van der Waals surface area contributed by atoms with Crippen LogP contribution in [0.25, 0.3) is 0 Å². The molecule has 13 heteroatoms. The van der Waals surface area contributed by atoms with Crippen LogP contribution in [0, 0.1) is 13.8 Å². The number of aryl methyl sites for hydroxylation is 1. The van der Waals surface area contributed by atoms with Crippen LogP contribution in [-0.4, -0.2) is 35.6 Å². The van der Waals surface area contributed by atoms with Crippen molar-refractivity contribution in [3.05, 3.63) is 45.2 Å². The lowest BCUT2D eigenvalue weighted by molar-refractivity contribution is 0.411. The van der Waals surface area contributed by atoms with Crippen LogP contribution in [0.3, 0.4) is 0 Å². The third kappa shape index (κ3) is 5.06. The summed E-state index contributed by atoms with van der Waals surface area (Å²) in [5, 5.41) is 17.9. The van der Waals surface area contributed by atoms with Gasteiger partial charge >= 0.3 is 0 Å². The first-order valence-corrected chi connectivity index (χ1v) is 11.2. The van der Waals surface area contributed by atoms with E-state index in [1.807, 2.05) is 0 Å². The van der Waals surface area contributed by atoms with Crippen LogP contribution in [0.4, 0.5) is 11.4 Å². The molecular weight excluding hydrogens is 426 g/mol. The SMILES string of the molecule is CCn1c(O)c(N=Nc2cc(C)ccc2S(=O)(=O)O)c(C)c(CS(=O)(=O)O)c1=O. The topological polar surface area (TPSA) is 176 Å². The number of azo groups is 1. The van der Waals surface area contributed by atoms with Crippen molar-refractivity contribution in [2.45, 2.75) is 38.0 Å². The van der Waals surface area contributed by atoms with Gasteiger partial charge in [-0.25, -0.2) is 0 Å². The molecule has 0 aliphatic heterocycles. The van der Waals surface area contributed by atoms with Crippen LogP contribution in [0.2, 0.25) is 0 Å². The number of aromatic hydroxyl groups is 1. The van der Waals surface area contributed by atoms with E-state index in [1.54, 1.807) is 6.92 Å². The van der Waals surface area contributed by atoms with Gasteiger partial charge in [-0.1, -0.05) is 6.07 Å². The van der Waals surface area contributed by atoms with E-state index in [0.717, 1.165) is 10.6 Å². The van der Waals surface area contributed by atoms with E-state index in [9.17, 15) is 31.3 Å². The maximum absolute atomic E-state index is 12.4. The van der Waals surface area contributed by atoms with Crippen molar-refractivity contribution in [3.63, 3.8) is 0 Å². The van der Waals surface area contributed by atoms with Crippen LogP contribution < -0.4 is 5.56 Å². The van der Waals surface area contributed by atoms with Gasteiger partial charge in [-0.2, -0.15) is 16.8 Å². The Morgan fingerprint density at radius 1 is 1.07 bits per heavy atom. The standard InChI is InChI=1S/C16H19N3O8S2/c1-4-19-15(20)11(8-28(22,23)24)10(3)14(16(19)21)18-17-12-7-9(2)5-6-13(12)29(25,26)27/h5-7,21H,4,8H2,1-3H3,(H,22,23,24)(H,25,26,27). The minimum atomic E-state index is -4.61. The Morgan fingerprint density at radius 2 is 1.69 bits per heavy atom. The number of hydrogen-bond acceptors (Lipinski definition) is 8. The lowest BCUT2D eigenvalue weighted by Crippen LogP contribution is -2.26. The monoisotopic (exact) mass is 445 g/mol. The summed E-state index contributed by atoms with van der Waals surface area (Å²) in [5.41, 5.74) is -1.10. The highest BCUT2D eigenvalue weighted by Gasteiger charge is 2.22. The van der Waals surface area contributed by atoms with Crippen molar-refractivity contribution in [1.29, 1.82) is 0 Å². The highest BCUT2D eigenvalue weighted by Crippen LogP contribution is 2.34. The molecular formula is C16H19N3O8S2. The zero-order valence-electron chi connectivity index (χ0n) is 15.7. The van der Waals surface area contributed by atoms with E-state index in [-0.39, 0.29) is 29.0 Å². The Hall–Kier alpha value is -2.61. The lowest BCUT2D eigenvalue weighted by Gasteiger charge is -2.14. The van der Waals surface area contributed by atoms with Crippen molar-refractivity contribution < 1.29 is 31.0 Å². The molecule has 1 aromatic heterocycles. The van der Waals surface area contributed by atoms with Gasteiger partial charge in [-0.05, 0) is 44.0 Å². The first-order chi connectivity index (χ1) is 13.3. The van der Waals surface area contributed by atoms with Crippen molar-refractivity contribution in [1.82, 2.24) is 4.57 Å².